The number of carbonyl (C=O) groups excluding carboxylic acids is 2. The highest BCUT2D eigenvalue weighted by Gasteiger charge is 2.55. The molecule has 1 fully saturated rings. The molecular formula is C35H54O11S. The molecule has 1 saturated heterocycles. The Bertz CT molecular complexity index is 1280. The largest absolute Gasteiger partial charge is 0.459 e. The fourth-order valence-corrected chi connectivity index (χ4v) is 6.33. The molecule has 11 nitrogen and oxygen atoms in total. The second-order valence-corrected chi connectivity index (χ2v) is 14.3. The molecule has 9 unspecified atom stereocenters. The zero-order chi connectivity index (χ0) is 35.4. The Kier molecular flexibility index (Phi) is 16.4. The summed E-state index contributed by atoms with van der Waals surface area (Å²) in [7, 11) is -5.02. The predicted molar refractivity (Wildman–Crippen MR) is 178 cm³/mol. The third kappa shape index (κ3) is 13.5. The van der Waals surface area contributed by atoms with Crippen LogP contribution in [0.2, 0.25) is 0 Å². The SMILES string of the molecule is CC1=CC(C)C(CC(C)C)OC(=O)C=CC=CC=CCCCCCC(OS(=O)(=O)O)C(O)C2(O)OC(CC(O)C2C)C(C)C(=O)C=C1. The van der Waals surface area contributed by atoms with Crippen molar-refractivity contribution in [1.82, 2.24) is 0 Å². The molecular weight excluding hydrogens is 628 g/mol. The van der Waals surface area contributed by atoms with Crippen molar-refractivity contribution in [2.75, 3.05) is 0 Å². The molecule has 0 saturated carbocycles. The molecule has 2 heterocycles. The van der Waals surface area contributed by atoms with Crippen molar-refractivity contribution in [2.45, 2.75) is 123 Å². The Hall–Kier alpha value is -2.45. The average molecular weight is 683 g/mol. The number of carbonyl (C=O) groups is 2. The Morgan fingerprint density at radius 1 is 1.00 bits per heavy atom. The van der Waals surface area contributed by atoms with Crippen LogP contribution in [0.5, 0.6) is 0 Å². The third-order valence-electron chi connectivity index (χ3n) is 8.73. The van der Waals surface area contributed by atoms with E-state index in [-0.39, 0.29) is 36.6 Å². The van der Waals surface area contributed by atoms with E-state index in [9.17, 15) is 37.9 Å². The number of ether oxygens (including phenoxy) is 2. The standard InChI is InChI=1S/C35H54O11S/c1-23(2)20-31-25(4)21-24(3)18-19-28(36)26(5)32-22-29(37)27(6)35(40,45-32)34(39)30(46-47(41,42)43)16-14-12-10-8-7-9-11-13-15-17-33(38)44-31/h7,9,11,13,15,17-19,21,23,25-27,29-32,34,37,39-40H,8,10,12,14,16,20,22H2,1-6H3,(H,41,42,43). The monoisotopic (exact) mass is 682 g/mol. The van der Waals surface area contributed by atoms with Crippen LogP contribution in [0.1, 0.15) is 86.5 Å². The quantitative estimate of drug-likeness (QED) is 0.233. The molecule has 2 aliphatic heterocycles. The molecule has 0 spiro atoms. The van der Waals surface area contributed by atoms with Crippen LogP contribution < -0.4 is 0 Å². The van der Waals surface area contributed by atoms with E-state index >= 15 is 0 Å². The number of cyclic esters (lactones) is 1. The molecule has 0 aromatic heterocycles. The van der Waals surface area contributed by atoms with Crippen LogP contribution in [0, 0.1) is 23.7 Å². The highest BCUT2D eigenvalue weighted by molar-refractivity contribution is 7.80. The summed E-state index contributed by atoms with van der Waals surface area (Å²) < 4.78 is 49.2. The van der Waals surface area contributed by atoms with Crippen LogP contribution in [-0.4, -0.2) is 76.3 Å². The maximum atomic E-state index is 13.2. The van der Waals surface area contributed by atoms with Gasteiger partial charge in [-0.25, -0.2) is 8.98 Å². The van der Waals surface area contributed by atoms with Crippen molar-refractivity contribution in [3.63, 3.8) is 0 Å². The lowest BCUT2D eigenvalue weighted by molar-refractivity contribution is -0.350. The molecule has 0 aliphatic carbocycles. The number of hydrogen-bond acceptors (Lipinski definition) is 10. The van der Waals surface area contributed by atoms with E-state index in [0.717, 1.165) is 12.0 Å². The molecule has 2 aliphatic rings. The summed E-state index contributed by atoms with van der Waals surface area (Å²) in [5.41, 5.74) is 0.755. The minimum Gasteiger partial charge on any atom is -0.459 e. The minimum atomic E-state index is -5.02. The number of fused-ring (bicyclic) bond motifs is 2. The first kappa shape index (κ1) is 40.7. The lowest BCUT2D eigenvalue weighted by atomic mass is 9.79. The highest BCUT2D eigenvalue weighted by atomic mass is 32.3. The van der Waals surface area contributed by atoms with Gasteiger partial charge in [-0.1, -0.05) is 95.6 Å². The molecule has 0 amide bonds. The fraction of sp³-hybridized carbons (Fsp3) is 0.657. The maximum absolute atomic E-state index is 13.2. The van der Waals surface area contributed by atoms with Gasteiger partial charge in [-0.2, -0.15) is 8.42 Å². The molecule has 4 N–H and O–H groups in total. The summed E-state index contributed by atoms with van der Waals surface area (Å²) >= 11 is 0. The normalized spacial score (nSPS) is 34.7. The molecule has 0 radical (unpaired) electrons. The molecule has 0 aromatic rings. The van der Waals surface area contributed by atoms with Crippen molar-refractivity contribution in [3.8, 4) is 0 Å². The van der Waals surface area contributed by atoms with Crippen molar-refractivity contribution < 1.29 is 51.5 Å². The first-order valence-electron chi connectivity index (χ1n) is 16.5. The van der Waals surface area contributed by atoms with E-state index in [2.05, 4.69) is 0 Å². The predicted octanol–water partition coefficient (Wildman–Crippen LogP) is 4.94. The van der Waals surface area contributed by atoms with Crippen molar-refractivity contribution in [2.24, 2.45) is 23.7 Å². The number of aliphatic hydroxyl groups is 3. The average Bonchev–Trinajstić information content (AvgIpc) is 2.98. The first-order chi connectivity index (χ1) is 21.9. The van der Waals surface area contributed by atoms with Gasteiger partial charge >= 0.3 is 16.4 Å². The highest BCUT2D eigenvalue weighted by Crippen LogP contribution is 2.40. The van der Waals surface area contributed by atoms with Crippen molar-refractivity contribution >= 4 is 22.2 Å². The number of hydrogen-bond donors (Lipinski definition) is 4. The van der Waals surface area contributed by atoms with Gasteiger partial charge in [0.2, 0.25) is 0 Å². The third-order valence-corrected chi connectivity index (χ3v) is 9.22. The number of allylic oxidation sites excluding steroid dienone is 8. The maximum Gasteiger partial charge on any atom is 0.397 e. The van der Waals surface area contributed by atoms with Gasteiger partial charge in [-0.3, -0.25) is 9.35 Å². The molecule has 2 rings (SSSR count). The summed E-state index contributed by atoms with van der Waals surface area (Å²) in [5.74, 6) is -5.13. The molecule has 2 bridgehead atoms. The smallest absolute Gasteiger partial charge is 0.397 e. The van der Waals surface area contributed by atoms with E-state index in [0.29, 0.717) is 25.7 Å². The van der Waals surface area contributed by atoms with Crippen molar-refractivity contribution in [3.05, 3.63) is 60.3 Å². The summed E-state index contributed by atoms with van der Waals surface area (Å²) in [6, 6.07) is 0. The Labute approximate surface area is 280 Å². The topological polar surface area (TPSA) is 177 Å². The molecule has 0 aromatic carbocycles. The van der Waals surface area contributed by atoms with Crippen LogP contribution >= 0.6 is 0 Å². The van der Waals surface area contributed by atoms with Gasteiger partial charge in [0.1, 0.15) is 18.3 Å². The molecule has 47 heavy (non-hydrogen) atoms. The second-order valence-electron chi connectivity index (χ2n) is 13.2. The van der Waals surface area contributed by atoms with Crippen LogP contribution in [0.3, 0.4) is 0 Å². The van der Waals surface area contributed by atoms with Gasteiger partial charge in [0, 0.05) is 30.3 Å². The fourth-order valence-electron chi connectivity index (χ4n) is 5.81. The van der Waals surface area contributed by atoms with Gasteiger partial charge in [-0.05, 0) is 44.6 Å². The number of ketones is 1. The Morgan fingerprint density at radius 2 is 1.68 bits per heavy atom. The molecule has 266 valence electrons. The van der Waals surface area contributed by atoms with E-state index < -0.39 is 58.4 Å². The molecule has 12 heteroatoms. The van der Waals surface area contributed by atoms with Gasteiger partial charge in [0.15, 0.2) is 11.6 Å². The van der Waals surface area contributed by atoms with Gasteiger partial charge < -0.3 is 24.8 Å². The van der Waals surface area contributed by atoms with Crippen LogP contribution in [0.4, 0.5) is 0 Å². The zero-order valence-electron chi connectivity index (χ0n) is 28.4. The van der Waals surface area contributed by atoms with E-state index in [1.807, 2.05) is 45.9 Å². The summed E-state index contributed by atoms with van der Waals surface area (Å²) in [5, 5.41) is 33.7. The van der Waals surface area contributed by atoms with Gasteiger partial charge in [0.05, 0.1) is 12.2 Å². The Morgan fingerprint density at radius 3 is 2.34 bits per heavy atom. The summed E-state index contributed by atoms with van der Waals surface area (Å²) in [6.07, 6.45) is 12.0. The van der Waals surface area contributed by atoms with Crippen LogP contribution in [0.25, 0.3) is 0 Å². The van der Waals surface area contributed by atoms with E-state index in [1.165, 1.54) is 19.1 Å². The van der Waals surface area contributed by atoms with Crippen LogP contribution in [0.15, 0.2) is 60.3 Å². The number of esters is 1. The number of rotatable bonds is 4. The second kappa shape index (κ2) is 18.9. The van der Waals surface area contributed by atoms with E-state index in [1.54, 1.807) is 31.2 Å². The Balaban J connectivity index is 2.42. The summed E-state index contributed by atoms with van der Waals surface area (Å²) in [4.78, 5) is 25.8. The van der Waals surface area contributed by atoms with E-state index in [4.69, 9.17) is 13.7 Å². The van der Waals surface area contributed by atoms with Gasteiger partial charge in [0.25, 0.3) is 0 Å². The first-order valence-corrected chi connectivity index (χ1v) is 17.8. The van der Waals surface area contributed by atoms with Crippen LogP contribution in [-0.2, 0) is 33.6 Å². The zero-order valence-corrected chi connectivity index (χ0v) is 29.2. The van der Waals surface area contributed by atoms with Gasteiger partial charge in [-0.15, -0.1) is 0 Å². The van der Waals surface area contributed by atoms with Crippen molar-refractivity contribution in [1.29, 1.82) is 0 Å². The molecule has 9 atom stereocenters. The lowest BCUT2D eigenvalue weighted by Gasteiger charge is -2.49. The number of aliphatic hydroxyl groups excluding tert-OH is 2. The summed E-state index contributed by atoms with van der Waals surface area (Å²) in [6.45, 7) is 10.9. The minimum absolute atomic E-state index is 0.0218. The lowest BCUT2D eigenvalue weighted by Crippen LogP contribution is -2.64.